The normalized spacial score (nSPS) is 23.9. The Labute approximate surface area is 97.3 Å². The fraction of sp³-hybridized carbons (Fsp3) is 0.500. The number of rotatable bonds is 3. The van der Waals surface area contributed by atoms with Crippen molar-refractivity contribution in [2.45, 2.75) is 25.1 Å². The number of hydrogen-bond donors (Lipinski definition) is 2. The Hall–Kier alpha value is -1.89. The second-order valence-electron chi connectivity index (χ2n) is 3.99. The van der Waals surface area contributed by atoms with Gasteiger partial charge in [-0.25, -0.2) is 4.79 Å². The zero-order valence-electron chi connectivity index (χ0n) is 9.06. The lowest BCUT2D eigenvalue weighted by atomic mass is 10.2. The van der Waals surface area contributed by atoms with Crippen LogP contribution in [-0.2, 0) is 16.1 Å². The molecule has 0 unspecified atom stereocenters. The van der Waals surface area contributed by atoms with Crippen LogP contribution < -0.4 is 0 Å². The van der Waals surface area contributed by atoms with E-state index in [-0.39, 0.29) is 25.4 Å². The maximum atomic E-state index is 11.9. The van der Waals surface area contributed by atoms with Gasteiger partial charge >= 0.3 is 5.97 Å². The number of aliphatic carboxylic acids is 1. The summed E-state index contributed by atoms with van der Waals surface area (Å²) < 4.78 is 1.42. The van der Waals surface area contributed by atoms with Gasteiger partial charge in [0.1, 0.15) is 12.6 Å². The molecule has 1 aromatic heterocycles. The first-order valence-corrected chi connectivity index (χ1v) is 5.25. The number of hydrogen-bond acceptors (Lipinski definition) is 4. The predicted octanol–water partition coefficient (Wildman–Crippen LogP) is -1.07. The van der Waals surface area contributed by atoms with Crippen molar-refractivity contribution in [1.82, 2.24) is 14.7 Å². The third-order valence-electron chi connectivity index (χ3n) is 2.74. The van der Waals surface area contributed by atoms with Crippen molar-refractivity contribution in [2.24, 2.45) is 0 Å². The van der Waals surface area contributed by atoms with Gasteiger partial charge in [-0.2, -0.15) is 5.10 Å². The van der Waals surface area contributed by atoms with E-state index in [1.54, 1.807) is 18.5 Å². The lowest BCUT2D eigenvalue weighted by Gasteiger charge is -2.20. The van der Waals surface area contributed by atoms with E-state index >= 15 is 0 Å². The number of carbonyl (C=O) groups excluding carboxylic acids is 1. The number of carboxylic acid groups (broad SMARTS) is 1. The lowest BCUT2D eigenvalue weighted by molar-refractivity contribution is -0.148. The summed E-state index contributed by atoms with van der Waals surface area (Å²) >= 11 is 0. The van der Waals surface area contributed by atoms with E-state index in [4.69, 9.17) is 5.11 Å². The highest BCUT2D eigenvalue weighted by Crippen LogP contribution is 2.18. The second-order valence-corrected chi connectivity index (χ2v) is 3.99. The van der Waals surface area contributed by atoms with Crippen molar-refractivity contribution in [3.8, 4) is 0 Å². The molecule has 1 aliphatic heterocycles. The molecule has 2 rings (SSSR count). The van der Waals surface area contributed by atoms with E-state index in [2.05, 4.69) is 5.10 Å². The van der Waals surface area contributed by atoms with E-state index in [1.165, 1.54) is 9.58 Å². The fourth-order valence-corrected chi connectivity index (χ4v) is 1.95. The van der Waals surface area contributed by atoms with E-state index in [0.717, 1.165) is 0 Å². The van der Waals surface area contributed by atoms with Crippen molar-refractivity contribution in [3.63, 3.8) is 0 Å². The number of nitrogens with zero attached hydrogens (tertiary/aromatic N) is 3. The molecule has 1 aliphatic rings. The molecule has 7 nitrogen and oxygen atoms in total. The third kappa shape index (κ3) is 2.44. The first-order valence-electron chi connectivity index (χ1n) is 5.25. The molecule has 0 saturated carbocycles. The summed E-state index contributed by atoms with van der Waals surface area (Å²) in [5.74, 6) is -1.44. The Bertz CT molecular complexity index is 417. The average molecular weight is 239 g/mol. The van der Waals surface area contributed by atoms with Crippen LogP contribution in [0.2, 0.25) is 0 Å². The molecule has 0 bridgehead atoms. The topological polar surface area (TPSA) is 95.7 Å². The van der Waals surface area contributed by atoms with Crippen molar-refractivity contribution in [3.05, 3.63) is 18.5 Å². The second kappa shape index (κ2) is 4.54. The van der Waals surface area contributed by atoms with Crippen LogP contribution in [0.25, 0.3) is 0 Å². The number of aliphatic hydroxyl groups is 1. The van der Waals surface area contributed by atoms with Gasteiger partial charge in [-0.05, 0) is 6.07 Å². The summed E-state index contributed by atoms with van der Waals surface area (Å²) in [5, 5.41) is 22.2. The Morgan fingerprint density at radius 3 is 2.82 bits per heavy atom. The minimum absolute atomic E-state index is 0.0104. The minimum atomic E-state index is -1.09. The van der Waals surface area contributed by atoms with Gasteiger partial charge in [0.05, 0.1) is 6.10 Å². The van der Waals surface area contributed by atoms with Crippen LogP contribution in [0, 0.1) is 0 Å². The molecule has 1 saturated heterocycles. The summed E-state index contributed by atoms with van der Waals surface area (Å²) in [5.41, 5.74) is 0. The zero-order valence-corrected chi connectivity index (χ0v) is 9.06. The molecule has 2 atom stereocenters. The number of likely N-dealkylation sites (tertiary alicyclic amines) is 1. The number of amides is 1. The Morgan fingerprint density at radius 1 is 1.47 bits per heavy atom. The van der Waals surface area contributed by atoms with Crippen LogP contribution in [0.3, 0.4) is 0 Å². The van der Waals surface area contributed by atoms with Gasteiger partial charge < -0.3 is 15.1 Å². The highest BCUT2D eigenvalue weighted by molar-refractivity contribution is 5.84. The third-order valence-corrected chi connectivity index (χ3v) is 2.74. The number of carbonyl (C=O) groups is 2. The maximum absolute atomic E-state index is 11.9. The van der Waals surface area contributed by atoms with E-state index in [1.807, 2.05) is 0 Å². The molecular weight excluding hydrogens is 226 g/mol. The molecule has 92 valence electrons. The van der Waals surface area contributed by atoms with Crippen molar-refractivity contribution in [2.75, 3.05) is 6.54 Å². The van der Waals surface area contributed by atoms with Gasteiger partial charge in [0.2, 0.25) is 5.91 Å². The molecule has 2 heterocycles. The summed E-state index contributed by atoms with van der Waals surface area (Å²) in [6.07, 6.45) is 2.49. The van der Waals surface area contributed by atoms with E-state index in [9.17, 15) is 14.7 Å². The number of aliphatic hydroxyl groups excluding tert-OH is 1. The van der Waals surface area contributed by atoms with Gasteiger partial charge in [0, 0.05) is 25.4 Å². The molecule has 17 heavy (non-hydrogen) atoms. The average Bonchev–Trinajstić information content (AvgIpc) is 2.86. The monoisotopic (exact) mass is 239 g/mol. The Balaban J connectivity index is 2.05. The molecule has 0 aromatic carbocycles. The van der Waals surface area contributed by atoms with Crippen molar-refractivity contribution in [1.29, 1.82) is 0 Å². The van der Waals surface area contributed by atoms with Crippen LogP contribution >= 0.6 is 0 Å². The van der Waals surface area contributed by atoms with E-state index in [0.29, 0.717) is 0 Å². The van der Waals surface area contributed by atoms with Crippen LogP contribution in [0.15, 0.2) is 18.5 Å². The molecular formula is C10H13N3O4. The summed E-state index contributed by atoms with van der Waals surface area (Å²) in [4.78, 5) is 24.0. The van der Waals surface area contributed by atoms with Crippen LogP contribution in [0.4, 0.5) is 0 Å². The predicted molar refractivity (Wildman–Crippen MR) is 56.0 cm³/mol. The zero-order chi connectivity index (χ0) is 12.4. The first kappa shape index (κ1) is 11.6. The van der Waals surface area contributed by atoms with Crippen LogP contribution in [0.1, 0.15) is 6.42 Å². The fourth-order valence-electron chi connectivity index (χ4n) is 1.95. The molecule has 0 radical (unpaired) electrons. The Kier molecular flexibility index (Phi) is 3.10. The highest BCUT2D eigenvalue weighted by atomic mass is 16.4. The quantitative estimate of drug-likeness (QED) is 0.700. The number of β-amino-alcohol motifs (C(OH)–C–C–N with tert-alkyl or cyclic N) is 1. The highest BCUT2D eigenvalue weighted by Gasteiger charge is 2.38. The van der Waals surface area contributed by atoms with Gasteiger partial charge in [-0.15, -0.1) is 0 Å². The molecule has 0 aliphatic carbocycles. The molecule has 0 spiro atoms. The maximum Gasteiger partial charge on any atom is 0.326 e. The number of carboxylic acids is 1. The molecule has 2 N–H and O–H groups in total. The van der Waals surface area contributed by atoms with Gasteiger partial charge in [0.25, 0.3) is 0 Å². The van der Waals surface area contributed by atoms with Crippen LogP contribution in [0.5, 0.6) is 0 Å². The molecule has 1 fully saturated rings. The summed E-state index contributed by atoms with van der Waals surface area (Å²) in [6, 6.07) is 0.744. The van der Waals surface area contributed by atoms with Gasteiger partial charge in [-0.3, -0.25) is 9.48 Å². The minimum Gasteiger partial charge on any atom is -0.480 e. The molecule has 7 heteroatoms. The standard InChI is InChI=1S/C10H13N3O4/c14-7-4-8(10(16)17)13(5-7)9(15)6-12-3-1-2-11-12/h1-3,7-8,14H,4-6H2,(H,16,17)/t7-,8-/m0/s1. The largest absolute Gasteiger partial charge is 0.480 e. The van der Waals surface area contributed by atoms with Crippen LogP contribution in [-0.4, -0.2) is 55.5 Å². The van der Waals surface area contributed by atoms with Crippen molar-refractivity contribution >= 4 is 11.9 Å². The van der Waals surface area contributed by atoms with Gasteiger partial charge in [-0.1, -0.05) is 0 Å². The molecule has 1 aromatic rings. The van der Waals surface area contributed by atoms with Crippen molar-refractivity contribution < 1.29 is 19.8 Å². The SMILES string of the molecule is O=C(O)[C@@H]1C[C@H](O)CN1C(=O)Cn1cccn1. The van der Waals surface area contributed by atoms with Gasteiger partial charge in [0.15, 0.2) is 0 Å². The summed E-state index contributed by atoms with van der Waals surface area (Å²) in [7, 11) is 0. The number of aromatic nitrogens is 2. The molecule has 1 amide bonds. The smallest absolute Gasteiger partial charge is 0.326 e. The Morgan fingerprint density at radius 2 is 2.24 bits per heavy atom. The lowest BCUT2D eigenvalue weighted by Crippen LogP contribution is -2.42. The summed E-state index contributed by atoms with van der Waals surface area (Å²) in [6.45, 7) is 0.0561. The van der Waals surface area contributed by atoms with E-state index < -0.39 is 18.1 Å². The first-order chi connectivity index (χ1) is 8.08.